The Balaban J connectivity index is 2.69. The van der Waals surface area contributed by atoms with Crippen LogP contribution in [0.1, 0.15) is 6.92 Å². The largest absolute Gasteiger partial charge is 0.455 e. The molecule has 1 amide bonds. The van der Waals surface area contributed by atoms with Gasteiger partial charge in [-0.25, -0.2) is 4.79 Å². The van der Waals surface area contributed by atoms with Crippen molar-refractivity contribution in [3.63, 3.8) is 0 Å². The smallest absolute Gasteiger partial charge is 0.331 e. The van der Waals surface area contributed by atoms with Gasteiger partial charge in [0.2, 0.25) is 5.91 Å². The fourth-order valence-corrected chi connectivity index (χ4v) is 1.38. The van der Waals surface area contributed by atoms with E-state index in [9.17, 15) is 19.8 Å². The molecule has 0 saturated carbocycles. The van der Waals surface area contributed by atoms with Gasteiger partial charge in [-0.15, -0.1) is 0 Å². The average Bonchev–Trinajstić information content (AvgIpc) is 2.44. The van der Waals surface area contributed by atoms with Crippen LogP contribution in [0.15, 0.2) is 0 Å². The van der Waals surface area contributed by atoms with Crippen LogP contribution in [-0.2, 0) is 14.3 Å². The summed E-state index contributed by atoms with van der Waals surface area (Å²) in [5, 5.41) is 29.6. The van der Waals surface area contributed by atoms with Crippen molar-refractivity contribution in [1.82, 2.24) is 5.32 Å². The second-order valence-electron chi connectivity index (χ2n) is 3.32. The number of hydrogen-bond acceptors (Lipinski definition) is 6. The van der Waals surface area contributed by atoms with Crippen LogP contribution in [0.3, 0.4) is 0 Å². The van der Waals surface area contributed by atoms with E-state index >= 15 is 0 Å². The van der Waals surface area contributed by atoms with E-state index in [4.69, 9.17) is 5.11 Å². The van der Waals surface area contributed by atoms with Crippen molar-refractivity contribution in [2.24, 2.45) is 0 Å². The Morgan fingerprint density at radius 2 is 2.27 bits per heavy atom. The SMILES string of the molecule is CC(=O)N[C@H]1C(=O)O[C@H]([C@H](O)CO)[C@H]1O. The molecule has 0 bridgehead atoms. The molecule has 1 rings (SSSR count). The van der Waals surface area contributed by atoms with Crippen LogP contribution in [0.2, 0.25) is 0 Å². The second kappa shape index (κ2) is 4.56. The summed E-state index contributed by atoms with van der Waals surface area (Å²) < 4.78 is 4.63. The van der Waals surface area contributed by atoms with Crippen molar-refractivity contribution in [3.8, 4) is 0 Å². The van der Waals surface area contributed by atoms with Gasteiger partial charge in [-0.05, 0) is 0 Å². The number of ether oxygens (including phenoxy) is 1. The van der Waals surface area contributed by atoms with Crippen LogP contribution in [0.25, 0.3) is 0 Å². The Hall–Kier alpha value is -1.18. The van der Waals surface area contributed by atoms with Crippen LogP contribution in [0, 0.1) is 0 Å². The molecule has 1 saturated heterocycles. The zero-order valence-corrected chi connectivity index (χ0v) is 8.08. The first-order valence-electron chi connectivity index (χ1n) is 4.42. The van der Waals surface area contributed by atoms with Gasteiger partial charge in [-0.2, -0.15) is 0 Å². The summed E-state index contributed by atoms with van der Waals surface area (Å²) in [5.41, 5.74) is 0. The van der Waals surface area contributed by atoms with Crippen LogP contribution in [0.4, 0.5) is 0 Å². The van der Waals surface area contributed by atoms with E-state index in [1.165, 1.54) is 6.92 Å². The van der Waals surface area contributed by atoms with Crippen molar-refractivity contribution in [2.75, 3.05) is 6.61 Å². The Morgan fingerprint density at radius 1 is 1.67 bits per heavy atom. The van der Waals surface area contributed by atoms with E-state index in [1.807, 2.05) is 0 Å². The molecule has 7 nitrogen and oxygen atoms in total. The second-order valence-corrected chi connectivity index (χ2v) is 3.32. The third-order valence-corrected chi connectivity index (χ3v) is 2.11. The zero-order chi connectivity index (χ0) is 11.6. The maximum Gasteiger partial charge on any atom is 0.331 e. The van der Waals surface area contributed by atoms with Crippen molar-refractivity contribution in [3.05, 3.63) is 0 Å². The predicted octanol–water partition coefficient (Wildman–Crippen LogP) is -2.87. The summed E-state index contributed by atoms with van der Waals surface area (Å²) >= 11 is 0. The maximum atomic E-state index is 11.2. The van der Waals surface area contributed by atoms with E-state index in [2.05, 4.69) is 10.1 Å². The maximum absolute atomic E-state index is 11.2. The number of amides is 1. The van der Waals surface area contributed by atoms with Gasteiger partial charge in [0, 0.05) is 6.92 Å². The number of hydrogen-bond donors (Lipinski definition) is 4. The lowest BCUT2D eigenvalue weighted by atomic mass is 10.0. The summed E-state index contributed by atoms with van der Waals surface area (Å²) in [6, 6.07) is -1.19. The molecule has 1 aliphatic rings. The van der Waals surface area contributed by atoms with Gasteiger partial charge >= 0.3 is 5.97 Å². The van der Waals surface area contributed by atoms with E-state index in [-0.39, 0.29) is 0 Å². The Kier molecular flexibility index (Phi) is 3.61. The van der Waals surface area contributed by atoms with Crippen molar-refractivity contribution in [1.29, 1.82) is 0 Å². The van der Waals surface area contributed by atoms with Gasteiger partial charge < -0.3 is 25.4 Å². The Bertz CT molecular complexity index is 268. The number of esters is 1. The lowest BCUT2D eigenvalue weighted by molar-refractivity contribution is -0.149. The molecular formula is C8H13NO6. The number of carbonyl (C=O) groups is 2. The number of rotatable bonds is 3. The fourth-order valence-electron chi connectivity index (χ4n) is 1.38. The van der Waals surface area contributed by atoms with Crippen LogP contribution in [0.5, 0.6) is 0 Å². The topological polar surface area (TPSA) is 116 Å². The normalized spacial score (nSPS) is 32.3. The lowest BCUT2D eigenvalue weighted by Crippen LogP contribution is -2.47. The molecule has 86 valence electrons. The summed E-state index contributed by atoms with van der Waals surface area (Å²) in [6.07, 6.45) is -3.93. The standard InChI is InChI=1S/C8H13NO6/c1-3(11)9-5-6(13)7(4(12)2-10)15-8(5)14/h4-7,10,12-13H,2H2,1H3,(H,9,11)/t4-,5-,6+,7-/m1/s1. The third kappa shape index (κ3) is 2.44. The highest BCUT2D eigenvalue weighted by Gasteiger charge is 2.47. The van der Waals surface area contributed by atoms with E-state index in [0.717, 1.165) is 0 Å². The van der Waals surface area contributed by atoms with Gasteiger partial charge in [0.05, 0.1) is 6.61 Å². The van der Waals surface area contributed by atoms with Gasteiger partial charge in [0.25, 0.3) is 0 Å². The molecule has 4 N–H and O–H groups in total. The minimum Gasteiger partial charge on any atom is -0.455 e. The molecule has 7 heteroatoms. The van der Waals surface area contributed by atoms with E-state index in [0.29, 0.717) is 0 Å². The molecule has 0 radical (unpaired) electrons. The van der Waals surface area contributed by atoms with Crippen molar-refractivity contribution < 1.29 is 29.6 Å². The molecule has 0 unspecified atom stereocenters. The first-order valence-corrected chi connectivity index (χ1v) is 4.42. The van der Waals surface area contributed by atoms with E-state index in [1.54, 1.807) is 0 Å². The Labute approximate surface area is 85.7 Å². The minimum atomic E-state index is -1.36. The number of carbonyl (C=O) groups excluding carboxylic acids is 2. The first kappa shape index (κ1) is 11.9. The molecule has 4 atom stereocenters. The first-order chi connectivity index (χ1) is 6.97. The number of cyclic esters (lactones) is 1. The molecule has 1 aliphatic heterocycles. The van der Waals surface area contributed by atoms with Gasteiger partial charge in [-0.1, -0.05) is 0 Å². The number of aliphatic hydroxyl groups is 3. The lowest BCUT2D eigenvalue weighted by Gasteiger charge is -2.18. The molecule has 1 fully saturated rings. The average molecular weight is 219 g/mol. The highest BCUT2D eigenvalue weighted by atomic mass is 16.6. The van der Waals surface area contributed by atoms with Crippen LogP contribution < -0.4 is 5.32 Å². The highest BCUT2D eigenvalue weighted by molar-refractivity contribution is 5.85. The predicted molar refractivity (Wildman–Crippen MR) is 46.6 cm³/mol. The molecular weight excluding hydrogens is 206 g/mol. The molecule has 1 heterocycles. The molecule has 0 aromatic carbocycles. The molecule has 0 aromatic rings. The Morgan fingerprint density at radius 3 is 2.73 bits per heavy atom. The summed E-state index contributed by atoms with van der Waals surface area (Å²) in [5.74, 6) is -1.31. The number of nitrogens with one attached hydrogen (secondary N) is 1. The molecule has 15 heavy (non-hydrogen) atoms. The fraction of sp³-hybridized carbons (Fsp3) is 0.750. The summed E-state index contributed by atoms with van der Waals surface area (Å²) in [7, 11) is 0. The van der Waals surface area contributed by atoms with Gasteiger partial charge in [0.15, 0.2) is 12.1 Å². The van der Waals surface area contributed by atoms with E-state index < -0.39 is 42.8 Å². The molecule has 0 aliphatic carbocycles. The van der Waals surface area contributed by atoms with Gasteiger partial charge in [-0.3, -0.25) is 4.79 Å². The van der Waals surface area contributed by atoms with Gasteiger partial charge in [0.1, 0.15) is 12.2 Å². The summed E-state index contributed by atoms with van der Waals surface area (Å²) in [4.78, 5) is 21.9. The number of aliphatic hydroxyl groups excluding tert-OH is 3. The monoisotopic (exact) mass is 219 g/mol. The van der Waals surface area contributed by atoms with Crippen LogP contribution in [-0.4, -0.2) is 58.2 Å². The highest BCUT2D eigenvalue weighted by Crippen LogP contribution is 2.18. The van der Waals surface area contributed by atoms with Crippen LogP contribution >= 0.6 is 0 Å². The molecule has 0 spiro atoms. The summed E-state index contributed by atoms with van der Waals surface area (Å²) in [6.45, 7) is 0.553. The third-order valence-electron chi connectivity index (χ3n) is 2.11. The van der Waals surface area contributed by atoms with Crippen molar-refractivity contribution >= 4 is 11.9 Å². The minimum absolute atomic E-state index is 0.491. The van der Waals surface area contributed by atoms with Crippen molar-refractivity contribution in [2.45, 2.75) is 31.3 Å². The molecule has 0 aromatic heterocycles. The quantitative estimate of drug-likeness (QED) is 0.379. The zero-order valence-electron chi connectivity index (χ0n) is 8.08.